The van der Waals surface area contributed by atoms with Gasteiger partial charge < -0.3 is 10.2 Å². The Morgan fingerprint density at radius 1 is 1.39 bits per heavy atom. The van der Waals surface area contributed by atoms with Crippen LogP contribution in [-0.4, -0.2) is 40.8 Å². The van der Waals surface area contributed by atoms with Gasteiger partial charge in [0.2, 0.25) is 0 Å². The molecule has 0 spiro atoms. The number of thiophene rings is 1. The van der Waals surface area contributed by atoms with Gasteiger partial charge >= 0.3 is 0 Å². The number of hydrogen-bond donors (Lipinski definition) is 1. The molecule has 0 radical (unpaired) electrons. The predicted octanol–water partition coefficient (Wildman–Crippen LogP) is 1.85. The van der Waals surface area contributed by atoms with Crippen LogP contribution in [0.3, 0.4) is 0 Å². The molecule has 0 saturated heterocycles. The van der Waals surface area contributed by atoms with Gasteiger partial charge in [-0.25, -0.2) is 4.98 Å². The number of hydrogen-bond acceptors (Lipinski definition) is 6. The van der Waals surface area contributed by atoms with Crippen molar-refractivity contribution in [2.45, 2.75) is 6.04 Å². The van der Waals surface area contributed by atoms with Crippen LogP contribution in [0.25, 0.3) is 4.96 Å². The van der Waals surface area contributed by atoms with E-state index in [0.29, 0.717) is 11.5 Å². The zero-order valence-electron chi connectivity index (χ0n) is 12.7. The van der Waals surface area contributed by atoms with Gasteiger partial charge in [-0.15, -0.1) is 22.7 Å². The summed E-state index contributed by atoms with van der Waals surface area (Å²) in [5.41, 5.74) is -0.282. The SMILES string of the molecule is CN(C)C(CNC(=O)c1cnc2sccn2c1=O)c1cccs1. The minimum absolute atomic E-state index is 0.0598. The summed E-state index contributed by atoms with van der Waals surface area (Å²) in [6.07, 6.45) is 2.97. The first-order valence-electron chi connectivity index (χ1n) is 7.01. The number of amides is 1. The molecule has 120 valence electrons. The Hall–Kier alpha value is -2.03. The fourth-order valence-electron chi connectivity index (χ4n) is 2.28. The number of likely N-dealkylation sites (N-methyl/N-ethyl adjacent to an activating group) is 1. The number of fused-ring (bicyclic) bond motifs is 1. The van der Waals surface area contributed by atoms with Crippen molar-refractivity contribution in [2.75, 3.05) is 20.6 Å². The number of nitrogens with zero attached hydrogens (tertiary/aromatic N) is 3. The third-order valence-electron chi connectivity index (χ3n) is 3.54. The van der Waals surface area contributed by atoms with Crippen LogP contribution in [0.15, 0.2) is 40.1 Å². The number of carbonyl (C=O) groups excluding carboxylic acids is 1. The van der Waals surface area contributed by atoms with Crippen molar-refractivity contribution in [3.05, 3.63) is 56.1 Å². The van der Waals surface area contributed by atoms with Crippen molar-refractivity contribution in [3.63, 3.8) is 0 Å². The first-order valence-corrected chi connectivity index (χ1v) is 8.76. The summed E-state index contributed by atoms with van der Waals surface area (Å²) < 4.78 is 1.39. The van der Waals surface area contributed by atoms with Gasteiger partial charge in [-0.3, -0.25) is 14.0 Å². The smallest absolute Gasteiger partial charge is 0.271 e. The Kier molecular flexibility index (Phi) is 4.56. The highest BCUT2D eigenvalue weighted by Crippen LogP contribution is 2.22. The van der Waals surface area contributed by atoms with Crippen LogP contribution in [0.2, 0.25) is 0 Å². The lowest BCUT2D eigenvalue weighted by atomic mass is 10.2. The molecule has 3 aromatic rings. The molecule has 6 nitrogen and oxygen atoms in total. The molecule has 1 unspecified atom stereocenters. The van der Waals surface area contributed by atoms with E-state index in [1.165, 1.54) is 26.8 Å². The molecule has 0 bridgehead atoms. The second kappa shape index (κ2) is 6.61. The Bertz CT molecular complexity index is 867. The molecule has 0 saturated carbocycles. The van der Waals surface area contributed by atoms with Gasteiger partial charge in [0.1, 0.15) is 5.56 Å². The third kappa shape index (κ3) is 3.19. The van der Waals surface area contributed by atoms with Gasteiger partial charge in [0.05, 0.1) is 6.04 Å². The molecule has 0 aliphatic carbocycles. The fourth-order valence-corrected chi connectivity index (χ4v) is 3.88. The largest absolute Gasteiger partial charge is 0.350 e. The summed E-state index contributed by atoms with van der Waals surface area (Å²) in [4.78, 5) is 32.6. The van der Waals surface area contributed by atoms with Crippen molar-refractivity contribution in [2.24, 2.45) is 0 Å². The molecule has 1 amide bonds. The quantitative estimate of drug-likeness (QED) is 0.764. The maximum Gasteiger partial charge on any atom is 0.271 e. The van der Waals surface area contributed by atoms with Crippen molar-refractivity contribution in [3.8, 4) is 0 Å². The van der Waals surface area contributed by atoms with Gasteiger partial charge in [-0.1, -0.05) is 6.07 Å². The zero-order chi connectivity index (χ0) is 16.4. The number of thiazole rings is 1. The summed E-state index contributed by atoms with van der Waals surface area (Å²) in [7, 11) is 3.93. The van der Waals surface area contributed by atoms with Gasteiger partial charge in [-0.05, 0) is 25.5 Å². The zero-order valence-corrected chi connectivity index (χ0v) is 14.4. The number of nitrogens with one attached hydrogen (secondary N) is 1. The van der Waals surface area contributed by atoms with Gasteiger partial charge in [-0.2, -0.15) is 0 Å². The van der Waals surface area contributed by atoms with Crippen LogP contribution in [0.4, 0.5) is 0 Å². The maximum atomic E-state index is 12.4. The molecular formula is C15H16N4O2S2. The van der Waals surface area contributed by atoms with Gasteiger partial charge in [0.15, 0.2) is 4.96 Å². The Morgan fingerprint density at radius 2 is 2.22 bits per heavy atom. The highest BCUT2D eigenvalue weighted by atomic mass is 32.1. The van der Waals surface area contributed by atoms with E-state index in [4.69, 9.17) is 0 Å². The highest BCUT2D eigenvalue weighted by molar-refractivity contribution is 7.15. The molecule has 23 heavy (non-hydrogen) atoms. The van der Waals surface area contributed by atoms with Crippen molar-refractivity contribution in [1.29, 1.82) is 0 Å². The van der Waals surface area contributed by atoms with Crippen LogP contribution in [0.5, 0.6) is 0 Å². The van der Waals surface area contributed by atoms with Gasteiger partial charge in [0.25, 0.3) is 11.5 Å². The molecule has 3 heterocycles. The molecule has 1 atom stereocenters. The Labute approximate surface area is 141 Å². The molecule has 0 aromatic carbocycles. The van der Waals surface area contributed by atoms with E-state index in [1.54, 1.807) is 22.9 Å². The lowest BCUT2D eigenvalue weighted by Gasteiger charge is -2.23. The summed E-state index contributed by atoms with van der Waals surface area (Å²) in [5, 5.41) is 6.62. The standard InChI is InChI=1S/C15H16N4O2S2/c1-18(2)11(12-4-3-6-22-12)9-16-13(20)10-8-17-15-19(14(10)21)5-7-23-15/h3-8,11H,9H2,1-2H3,(H,16,20). The molecule has 8 heteroatoms. The van der Waals surface area contributed by atoms with E-state index in [9.17, 15) is 9.59 Å². The molecular weight excluding hydrogens is 332 g/mol. The van der Waals surface area contributed by atoms with Crippen molar-refractivity contribution in [1.82, 2.24) is 19.6 Å². The molecule has 3 aromatic heterocycles. The average molecular weight is 348 g/mol. The molecule has 0 aliphatic heterocycles. The predicted molar refractivity (Wildman–Crippen MR) is 92.4 cm³/mol. The second-order valence-corrected chi connectivity index (χ2v) is 7.09. The molecule has 0 fully saturated rings. The van der Waals surface area contributed by atoms with E-state index in [0.717, 1.165) is 0 Å². The topological polar surface area (TPSA) is 66.7 Å². The summed E-state index contributed by atoms with van der Waals surface area (Å²) in [6, 6.07) is 4.09. The average Bonchev–Trinajstić information content (AvgIpc) is 3.18. The maximum absolute atomic E-state index is 12.4. The normalized spacial score (nSPS) is 12.7. The molecule has 1 N–H and O–H groups in total. The summed E-state index contributed by atoms with van der Waals surface area (Å²) in [5.74, 6) is -0.397. The van der Waals surface area contributed by atoms with E-state index >= 15 is 0 Å². The van der Waals surface area contributed by atoms with E-state index in [-0.39, 0.29) is 17.2 Å². The van der Waals surface area contributed by atoms with Gasteiger partial charge in [0, 0.05) is 29.2 Å². The minimum atomic E-state index is -0.397. The van der Waals surface area contributed by atoms with Crippen LogP contribution in [0, 0.1) is 0 Å². The van der Waals surface area contributed by atoms with Crippen LogP contribution >= 0.6 is 22.7 Å². The second-order valence-electron chi connectivity index (χ2n) is 5.24. The van der Waals surface area contributed by atoms with Crippen molar-refractivity contribution < 1.29 is 4.79 Å². The summed E-state index contributed by atoms with van der Waals surface area (Å²) in [6.45, 7) is 0.429. The number of aromatic nitrogens is 2. The molecule has 0 aliphatic rings. The minimum Gasteiger partial charge on any atom is -0.350 e. The van der Waals surface area contributed by atoms with Crippen LogP contribution in [0.1, 0.15) is 21.3 Å². The number of carbonyl (C=O) groups is 1. The Balaban J connectivity index is 1.78. The van der Waals surface area contributed by atoms with E-state index < -0.39 is 5.91 Å². The highest BCUT2D eigenvalue weighted by Gasteiger charge is 2.19. The van der Waals surface area contributed by atoms with Crippen molar-refractivity contribution >= 4 is 33.5 Å². The van der Waals surface area contributed by atoms with E-state index in [2.05, 4.69) is 10.3 Å². The lowest BCUT2D eigenvalue weighted by Crippen LogP contribution is -2.37. The Morgan fingerprint density at radius 3 is 2.91 bits per heavy atom. The van der Waals surface area contributed by atoms with Crippen LogP contribution in [-0.2, 0) is 0 Å². The third-order valence-corrected chi connectivity index (χ3v) is 5.28. The number of rotatable bonds is 5. The van der Waals surface area contributed by atoms with E-state index in [1.807, 2.05) is 36.5 Å². The first-order chi connectivity index (χ1) is 11.1. The monoisotopic (exact) mass is 348 g/mol. The fraction of sp³-hybridized carbons (Fsp3) is 0.267. The lowest BCUT2D eigenvalue weighted by molar-refractivity contribution is 0.0940. The van der Waals surface area contributed by atoms with Crippen LogP contribution < -0.4 is 10.9 Å². The first kappa shape index (κ1) is 15.9. The summed E-state index contributed by atoms with van der Waals surface area (Å²) >= 11 is 3.00. The molecule has 3 rings (SSSR count).